The topological polar surface area (TPSA) is 12.0 Å². The number of halogens is 2. The monoisotopic (exact) mass is 335 g/mol. The molecule has 2 atom stereocenters. The zero-order valence-electron chi connectivity index (χ0n) is 10.5. The maximum Gasteiger partial charge on any atom is 0.0464 e. The van der Waals surface area contributed by atoms with Gasteiger partial charge in [-0.1, -0.05) is 33.6 Å². The summed E-state index contributed by atoms with van der Waals surface area (Å²) in [7, 11) is 0. The minimum atomic E-state index is 0.285. The fourth-order valence-electron chi connectivity index (χ4n) is 1.75. The quantitative estimate of drug-likeness (QED) is 0.793. The highest BCUT2D eigenvalue weighted by Crippen LogP contribution is 2.26. The van der Waals surface area contributed by atoms with Gasteiger partial charge in [0.05, 0.1) is 0 Å². The summed E-state index contributed by atoms with van der Waals surface area (Å²) in [6.07, 6.45) is 3.32. The van der Waals surface area contributed by atoms with Crippen LogP contribution in [0.2, 0.25) is 5.02 Å². The highest BCUT2D eigenvalue weighted by molar-refractivity contribution is 9.10. The fraction of sp³-hybridized carbons (Fsp3) is 0.538. The molecule has 1 aromatic rings. The summed E-state index contributed by atoms with van der Waals surface area (Å²) < 4.78 is 1.02. The molecule has 0 fully saturated rings. The molecule has 96 valence electrons. The van der Waals surface area contributed by atoms with Crippen LogP contribution in [0.4, 0.5) is 0 Å². The first-order valence-corrected chi connectivity index (χ1v) is 8.31. The Kier molecular flexibility index (Phi) is 6.93. The smallest absolute Gasteiger partial charge is 0.0464 e. The zero-order valence-corrected chi connectivity index (χ0v) is 13.6. The van der Waals surface area contributed by atoms with Gasteiger partial charge in [0.25, 0.3) is 0 Å². The predicted octanol–water partition coefficient (Wildman–Crippen LogP) is 4.89. The van der Waals surface area contributed by atoms with Gasteiger partial charge in [-0.3, -0.25) is 0 Å². The van der Waals surface area contributed by atoms with Gasteiger partial charge >= 0.3 is 0 Å². The van der Waals surface area contributed by atoms with E-state index in [0.717, 1.165) is 15.1 Å². The first-order chi connectivity index (χ1) is 8.04. The lowest BCUT2D eigenvalue weighted by Crippen LogP contribution is -2.29. The number of nitrogens with one attached hydrogen (secondary N) is 1. The van der Waals surface area contributed by atoms with Crippen LogP contribution in [0.3, 0.4) is 0 Å². The molecule has 0 aliphatic rings. The Bertz CT molecular complexity index is 359. The Morgan fingerprint density at radius 3 is 2.71 bits per heavy atom. The second-order valence-corrected chi connectivity index (χ2v) is 6.55. The maximum absolute atomic E-state index is 6.24. The van der Waals surface area contributed by atoms with E-state index >= 15 is 0 Å². The number of rotatable bonds is 6. The molecule has 1 N–H and O–H groups in total. The summed E-state index contributed by atoms with van der Waals surface area (Å²) in [4.78, 5) is 0. The summed E-state index contributed by atoms with van der Waals surface area (Å²) in [5.74, 6) is 1.19. The Balaban J connectivity index is 2.60. The highest BCUT2D eigenvalue weighted by Gasteiger charge is 2.12. The van der Waals surface area contributed by atoms with Crippen molar-refractivity contribution < 1.29 is 0 Å². The lowest BCUT2D eigenvalue weighted by Gasteiger charge is -2.21. The van der Waals surface area contributed by atoms with Crippen molar-refractivity contribution in [3.05, 3.63) is 33.3 Å². The molecular weight excluding hydrogens is 318 g/mol. The standard InChI is InChI=1S/C13H19BrClNS/c1-9(6-7-17-3)16-10(2)12-5-4-11(14)8-13(12)15/h4-5,8-10,16H,6-7H2,1-3H3. The molecule has 0 spiro atoms. The SMILES string of the molecule is CSCCC(C)NC(C)c1ccc(Br)cc1Cl. The zero-order chi connectivity index (χ0) is 12.8. The minimum Gasteiger partial charge on any atom is -0.308 e. The number of benzene rings is 1. The number of thioether (sulfide) groups is 1. The van der Waals surface area contributed by atoms with Crippen LogP contribution in [0.5, 0.6) is 0 Å². The summed E-state index contributed by atoms with van der Waals surface area (Å²) in [6.45, 7) is 4.38. The van der Waals surface area contributed by atoms with Gasteiger partial charge in [-0.25, -0.2) is 0 Å². The van der Waals surface area contributed by atoms with E-state index < -0.39 is 0 Å². The second kappa shape index (κ2) is 7.67. The van der Waals surface area contributed by atoms with E-state index in [4.69, 9.17) is 11.6 Å². The van der Waals surface area contributed by atoms with E-state index in [2.05, 4.69) is 47.4 Å². The molecule has 0 aromatic heterocycles. The van der Waals surface area contributed by atoms with Crippen molar-refractivity contribution in [3.8, 4) is 0 Å². The molecule has 1 rings (SSSR count). The van der Waals surface area contributed by atoms with Gasteiger partial charge in [-0.05, 0) is 50.0 Å². The lowest BCUT2D eigenvalue weighted by molar-refractivity contribution is 0.472. The van der Waals surface area contributed by atoms with Crippen molar-refractivity contribution in [2.75, 3.05) is 12.0 Å². The second-order valence-electron chi connectivity index (χ2n) is 4.24. The predicted molar refractivity (Wildman–Crippen MR) is 83.2 cm³/mol. The maximum atomic E-state index is 6.24. The van der Waals surface area contributed by atoms with Gasteiger partial charge < -0.3 is 5.32 Å². The molecule has 0 aliphatic heterocycles. The van der Waals surface area contributed by atoms with Crippen LogP contribution in [-0.4, -0.2) is 18.1 Å². The van der Waals surface area contributed by atoms with Crippen molar-refractivity contribution in [1.82, 2.24) is 5.32 Å². The molecule has 17 heavy (non-hydrogen) atoms. The summed E-state index contributed by atoms with van der Waals surface area (Å²) >= 11 is 11.5. The number of hydrogen-bond acceptors (Lipinski definition) is 2. The molecule has 0 amide bonds. The number of hydrogen-bond donors (Lipinski definition) is 1. The van der Waals surface area contributed by atoms with Crippen LogP contribution in [0.15, 0.2) is 22.7 Å². The van der Waals surface area contributed by atoms with Crippen LogP contribution in [0.25, 0.3) is 0 Å². The first kappa shape index (κ1) is 15.4. The third-order valence-electron chi connectivity index (χ3n) is 2.72. The van der Waals surface area contributed by atoms with E-state index in [1.807, 2.05) is 23.9 Å². The van der Waals surface area contributed by atoms with E-state index in [0.29, 0.717) is 6.04 Å². The third kappa shape index (κ3) is 5.21. The third-order valence-corrected chi connectivity index (χ3v) is 4.18. The minimum absolute atomic E-state index is 0.285. The van der Waals surface area contributed by atoms with Crippen LogP contribution in [-0.2, 0) is 0 Å². The van der Waals surface area contributed by atoms with Gasteiger partial charge in [0.1, 0.15) is 0 Å². The van der Waals surface area contributed by atoms with Crippen molar-refractivity contribution >= 4 is 39.3 Å². The Morgan fingerprint density at radius 2 is 2.12 bits per heavy atom. The normalized spacial score (nSPS) is 14.6. The highest BCUT2D eigenvalue weighted by atomic mass is 79.9. The molecule has 0 aliphatic carbocycles. The molecular formula is C13H19BrClNS. The molecule has 4 heteroatoms. The van der Waals surface area contributed by atoms with Gasteiger partial charge in [-0.2, -0.15) is 11.8 Å². The van der Waals surface area contributed by atoms with E-state index in [1.165, 1.54) is 12.2 Å². The van der Waals surface area contributed by atoms with E-state index in [1.54, 1.807) is 0 Å². The van der Waals surface area contributed by atoms with Crippen molar-refractivity contribution in [3.63, 3.8) is 0 Å². The first-order valence-electron chi connectivity index (χ1n) is 5.74. The molecule has 0 bridgehead atoms. The van der Waals surface area contributed by atoms with E-state index in [-0.39, 0.29) is 6.04 Å². The van der Waals surface area contributed by atoms with Crippen LogP contribution < -0.4 is 5.32 Å². The lowest BCUT2D eigenvalue weighted by atomic mass is 10.1. The van der Waals surface area contributed by atoms with E-state index in [9.17, 15) is 0 Å². The average molecular weight is 337 g/mol. The molecule has 1 nitrogen and oxygen atoms in total. The molecule has 0 heterocycles. The summed E-state index contributed by atoms with van der Waals surface area (Å²) in [6, 6.07) is 6.85. The Labute approximate surface area is 122 Å². The van der Waals surface area contributed by atoms with Gasteiger partial charge in [-0.15, -0.1) is 0 Å². The molecule has 0 saturated heterocycles. The van der Waals surface area contributed by atoms with Crippen LogP contribution >= 0.6 is 39.3 Å². The van der Waals surface area contributed by atoms with Crippen molar-refractivity contribution in [2.24, 2.45) is 0 Å². The Morgan fingerprint density at radius 1 is 1.41 bits per heavy atom. The Hall–Kier alpha value is 0.300. The van der Waals surface area contributed by atoms with Gasteiger partial charge in [0, 0.05) is 21.6 Å². The average Bonchev–Trinajstić information content (AvgIpc) is 2.26. The van der Waals surface area contributed by atoms with Crippen LogP contribution in [0.1, 0.15) is 31.9 Å². The largest absolute Gasteiger partial charge is 0.308 e. The molecule has 0 saturated carbocycles. The molecule has 2 unspecified atom stereocenters. The summed E-state index contributed by atoms with van der Waals surface area (Å²) in [5.41, 5.74) is 1.16. The van der Waals surface area contributed by atoms with Crippen molar-refractivity contribution in [2.45, 2.75) is 32.4 Å². The van der Waals surface area contributed by atoms with Gasteiger partial charge in [0.2, 0.25) is 0 Å². The molecule has 1 aromatic carbocycles. The fourth-order valence-corrected chi connectivity index (χ4v) is 3.17. The van der Waals surface area contributed by atoms with Crippen LogP contribution in [0, 0.1) is 0 Å². The summed E-state index contributed by atoms with van der Waals surface area (Å²) in [5, 5.41) is 4.39. The van der Waals surface area contributed by atoms with Gasteiger partial charge in [0.15, 0.2) is 0 Å². The van der Waals surface area contributed by atoms with Crippen molar-refractivity contribution in [1.29, 1.82) is 0 Å². The molecule has 0 radical (unpaired) electrons.